The summed E-state index contributed by atoms with van der Waals surface area (Å²) in [7, 11) is -3.31. The van der Waals surface area contributed by atoms with Gasteiger partial charge in [0.05, 0.1) is 11.9 Å². The minimum atomic E-state index is -3.31. The molecule has 0 aliphatic carbocycles. The molecule has 150 valence electrons. The summed E-state index contributed by atoms with van der Waals surface area (Å²) < 4.78 is 25.5. The SMILES string of the molecule is CC1Cc2cc(C(=O)NCC(C)(C)N3CCCCC3)ccc2N1S(C)(=O)=O. The smallest absolute Gasteiger partial charge is 0.251 e. The summed E-state index contributed by atoms with van der Waals surface area (Å²) in [5, 5.41) is 3.07. The van der Waals surface area contributed by atoms with Gasteiger partial charge in [-0.15, -0.1) is 0 Å². The van der Waals surface area contributed by atoms with Gasteiger partial charge in [0.15, 0.2) is 0 Å². The van der Waals surface area contributed by atoms with Gasteiger partial charge in [0, 0.05) is 23.7 Å². The van der Waals surface area contributed by atoms with Crippen molar-refractivity contribution in [2.45, 2.75) is 58.0 Å². The van der Waals surface area contributed by atoms with Crippen LogP contribution in [0, 0.1) is 0 Å². The second-order valence-electron chi connectivity index (χ2n) is 8.50. The minimum Gasteiger partial charge on any atom is -0.350 e. The predicted molar refractivity (Wildman–Crippen MR) is 109 cm³/mol. The highest BCUT2D eigenvalue weighted by atomic mass is 32.2. The molecule has 1 amide bonds. The van der Waals surface area contributed by atoms with Crippen LogP contribution in [-0.2, 0) is 16.4 Å². The van der Waals surface area contributed by atoms with Crippen molar-refractivity contribution < 1.29 is 13.2 Å². The van der Waals surface area contributed by atoms with Crippen molar-refractivity contribution in [2.24, 2.45) is 0 Å². The van der Waals surface area contributed by atoms with Gasteiger partial charge in [-0.3, -0.25) is 14.0 Å². The molecule has 0 aromatic heterocycles. The normalized spacial score (nSPS) is 21.2. The average molecular weight is 394 g/mol. The molecule has 7 heteroatoms. The lowest BCUT2D eigenvalue weighted by Crippen LogP contribution is -2.53. The number of rotatable bonds is 5. The molecule has 2 heterocycles. The Morgan fingerprint density at radius 1 is 1.22 bits per heavy atom. The molecule has 0 bridgehead atoms. The first-order valence-corrected chi connectivity index (χ1v) is 11.6. The van der Waals surface area contributed by atoms with Crippen LogP contribution in [0.3, 0.4) is 0 Å². The largest absolute Gasteiger partial charge is 0.350 e. The highest BCUT2D eigenvalue weighted by molar-refractivity contribution is 7.92. The molecule has 1 saturated heterocycles. The van der Waals surface area contributed by atoms with E-state index in [-0.39, 0.29) is 17.5 Å². The fraction of sp³-hybridized carbons (Fsp3) is 0.650. The van der Waals surface area contributed by atoms with Crippen LogP contribution in [0.2, 0.25) is 0 Å². The zero-order valence-corrected chi connectivity index (χ0v) is 17.6. The molecule has 1 N–H and O–H groups in total. The summed E-state index contributed by atoms with van der Waals surface area (Å²) >= 11 is 0. The maximum Gasteiger partial charge on any atom is 0.251 e. The number of likely N-dealkylation sites (tertiary alicyclic amines) is 1. The number of nitrogens with one attached hydrogen (secondary N) is 1. The fourth-order valence-electron chi connectivity index (χ4n) is 4.26. The Labute approximate surface area is 163 Å². The summed E-state index contributed by atoms with van der Waals surface area (Å²) in [6, 6.07) is 5.19. The van der Waals surface area contributed by atoms with Gasteiger partial charge in [0.25, 0.3) is 5.91 Å². The van der Waals surface area contributed by atoms with E-state index >= 15 is 0 Å². The molecular formula is C20H31N3O3S. The molecule has 0 spiro atoms. The van der Waals surface area contributed by atoms with E-state index in [4.69, 9.17) is 0 Å². The van der Waals surface area contributed by atoms with E-state index in [9.17, 15) is 13.2 Å². The Hall–Kier alpha value is -1.60. The quantitative estimate of drug-likeness (QED) is 0.834. The zero-order valence-electron chi connectivity index (χ0n) is 16.8. The van der Waals surface area contributed by atoms with Crippen molar-refractivity contribution in [1.82, 2.24) is 10.2 Å². The van der Waals surface area contributed by atoms with E-state index in [1.807, 2.05) is 13.0 Å². The van der Waals surface area contributed by atoms with E-state index in [1.54, 1.807) is 12.1 Å². The molecule has 2 aliphatic heterocycles. The first-order chi connectivity index (χ1) is 12.6. The van der Waals surface area contributed by atoms with Crippen molar-refractivity contribution in [3.05, 3.63) is 29.3 Å². The average Bonchev–Trinajstić information content (AvgIpc) is 2.95. The number of benzene rings is 1. The first-order valence-electron chi connectivity index (χ1n) is 9.75. The van der Waals surface area contributed by atoms with Gasteiger partial charge in [-0.2, -0.15) is 0 Å². The lowest BCUT2D eigenvalue weighted by Gasteiger charge is -2.41. The third-order valence-electron chi connectivity index (χ3n) is 5.75. The Bertz CT molecular complexity index is 814. The third-order valence-corrected chi connectivity index (χ3v) is 7.02. The number of carbonyl (C=O) groups excluding carboxylic acids is 1. The van der Waals surface area contributed by atoms with Crippen LogP contribution in [0.25, 0.3) is 0 Å². The van der Waals surface area contributed by atoms with E-state index in [1.165, 1.54) is 29.8 Å². The van der Waals surface area contributed by atoms with E-state index in [2.05, 4.69) is 24.1 Å². The number of nitrogens with zero attached hydrogens (tertiary/aromatic N) is 2. The number of hydrogen-bond acceptors (Lipinski definition) is 4. The molecule has 27 heavy (non-hydrogen) atoms. The zero-order chi connectivity index (χ0) is 19.8. The Morgan fingerprint density at radius 3 is 2.52 bits per heavy atom. The molecule has 6 nitrogen and oxygen atoms in total. The lowest BCUT2D eigenvalue weighted by molar-refractivity contribution is 0.0797. The molecule has 0 radical (unpaired) electrons. The third kappa shape index (κ3) is 4.29. The Kier molecular flexibility index (Phi) is 5.54. The number of sulfonamides is 1. The van der Waals surface area contributed by atoms with Gasteiger partial charge in [-0.05, 0) is 76.9 Å². The number of anilines is 1. The van der Waals surface area contributed by atoms with Crippen molar-refractivity contribution in [3.63, 3.8) is 0 Å². The predicted octanol–water partition coefficient (Wildman–Crippen LogP) is 2.39. The number of hydrogen-bond donors (Lipinski definition) is 1. The molecule has 3 rings (SSSR count). The van der Waals surface area contributed by atoms with Gasteiger partial charge >= 0.3 is 0 Å². The molecule has 1 aromatic rings. The number of fused-ring (bicyclic) bond motifs is 1. The highest BCUT2D eigenvalue weighted by Gasteiger charge is 2.33. The standard InChI is InChI=1S/C20H31N3O3S/c1-15-12-17-13-16(8-9-18(17)23(15)27(4,25)26)19(24)21-14-20(2,3)22-10-6-5-7-11-22/h8-9,13,15H,5-7,10-12,14H2,1-4H3,(H,21,24). The molecular weight excluding hydrogens is 362 g/mol. The highest BCUT2D eigenvalue weighted by Crippen LogP contribution is 2.34. The molecule has 1 atom stereocenters. The van der Waals surface area contributed by atoms with E-state index < -0.39 is 10.0 Å². The maximum atomic E-state index is 12.7. The molecule has 2 aliphatic rings. The fourth-order valence-corrected chi connectivity index (χ4v) is 5.52. The first kappa shape index (κ1) is 20.1. The van der Waals surface area contributed by atoms with Gasteiger partial charge in [-0.25, -0.2) is 8.42 Å². The van der Waals surface area contributed by atoms with Crippen molar-refractivity contribution >= 4 is 21.6 Å². The number of amides is 1. The van der Waals surface area contributed by atoms with Crippen LogP contribution in [0.1, 0.15) is 56.0 Å². The van der Waals surface area contributed by atoms with Crippen LogP contribution in [0.15, 0.2) is 18.2 Å². The second-order valence-corrected chi connectivity index (χ2v) is 10.4. The lowest BCUT2D eigenvalue weighted by atomic mass is 9.98. The number of carbonyl (C=O) groups is 1. The van der Waals surface area contributed by atoms with Gasteiger partial charge in [0.1, 0.15) is 0 Å². The number of piperidine rings is 1. The summed E-state index contributed by atoms with van der Waals surface area (Å²) in [5.41, 5.74) is 2.12. The minimum absolute atomic E-state index is 0.0750. The van der Waals surface area contributed by atoms with Crippen molar-refractivity contribution in [2.75, 3.05) is 30.2 Å². The summed E-state index contributed by atoms with van der Waals surface area (Å²) in [6.45, 7) is 9.00. The van der Waals surface area contributed by atoms with Crippen molar-refractivity contribution in [3.8, 4) is 0 Å². The van der Waals surface area contributed by atoms with Crippen LogP contribution < -0.4 is 9.62 Å². The van der Waals surface area contributed by atoms with Crippen LogP contribution in [0.4, 0.5) is 5.69 Å². The maximum absolute atomic E-state index is 12.7. The molecule has 1 aromatic carbocycles. The summed E-state index contributed by atoms with van der Waals surface area (Å²) in [5.74, 6) is -0.103. The van der Waals surface area contributed by atoms with Gasteiger partial charge < -0.3 is 5.32 Å². The second kappa shape index (κ2) is 7.43. The molecule has 0 saturated carbocycles. The Balaban J connectivity index is 1.69. The topological polar surface area (TPSA) is 69.7 Å². The Morgan fingerprint density at radius 2 is 1.89 bits per heavy atom. The van der Waals surface area contributed by atoms with Crippen LogP contribution in [0.5, 0.6) is 0 Å². The van der Waals surface area contributed by atoms with E-state index in [0.29, 0.717) is 24.2 Å². The molecule has 1 unspecified atom stereocenters. The van der Waals surface area contributed by atoms with Gasteiger partial charge in [-0.1, -0.05) is 6.42 Å². The van der Waals surface area contributed by atoms with Crippen LogP contribution >= 0.6 is 0 Å². The van der Waals surface area contributed by atoms with Crippen LogP contribution in [-0.4, -0.2) is 56.7 Å². The monoisotopic (exact) mass is 393 g/mol. The van der Waals surface area contributed by atoms with Crippen molar-refractivity contribution in [1.29, 1.82) is 0 Å². The summed E-state index contributed by atoms with van der Waals surface area (Å²) in [4.78, 5) is 15.1. The van der Waals surface area contributed by atoms with Gasteiger partial charge in [0.2, 0.25) is 10.0 Å². The summed E-state index contributed by atoms with van der Waals surface area (Å²) in [6.07, 6.45) is 5.58. The molecule has 1 fully saturated rings. The van der Waals surface area contributed by atoms with E-state index in [0.717, 1.165) is 18.7 Å².